The molecule has 138 valence electrons. The van der Waals surface area contributed by atoms with Crippen molar-refractivity contribution in [2.75, 3.05) is 19.6 Å². The molecule has 1 saturated carbocycles. The van der Waals surface area contributed by atoms with Crippen LogP contribution in [0.1, 0.15) is 43.5 Å². The molecule has 2 heterocycles. The standard InChI is InChI=1S/C18H27FN4O2/c1-13-10-14(2)23(21-13)9-6-16(24)22-8-3-7-18(19,12-22)17(25)20-11-15-4-5-15/h10,15H,3-9,11-12H2,1-2H3,(H,20,25). The molecule has 0 aromatic carbocycles. The summed E-state index contributed by atoms with van der Waals surface area (Å²) >= 11 is 0. The van der Waals surface area contributed by atoms with Crippen LogP contribution in [-0.2, 0) is 16.1 Å². The Balaban J connectivity index is 1.53. The number of alkyl halides is 1. The van der Waals surface area contributed by atoms with E-state index < -0.39 is 11.6 Å². The number of nitrogens with one attached hydrogen (secondary N) is 1. The summed E-state index contributed by atoms with van der Waals surface area (Å²) in [4.78, 5) is 26.2. The number of piperidine rings is 1. The first-order valence-corrected chi connectivity index (χ1v) is 9.13. The Bertz CT molecular complexity index is 656. The SMILES string of the molecule is Cc1cc(C)n(CCC(=O)N2CCCC(F)(C(=O)NCC3CC3)C2)n1. The van der Waals surface area contributed by atoms with Gasteiger partial charge in [-0.2, -0.15) is 5.10 Å². The van der Waals surface area contributed by atoms with Gasteiger partial charge in [0.05, 0.1) is 12.2 Å². The first-order valence-electron chi connectivity index (χ1n) is 9.13. The van der Waals surface area contributed by atoms with Crippen LogP contribution in [-0.4, -0.2) is 51.8 Å². The van der Waals surface area contributed by atoms with Crippen molar-refractivity contribution in [3.8, 4) is 0 Å². The quantitative estimate of drug-likeness (QED) is 0.850. The highest BCUT2D eigenvalue weighted by atomic mass is 19.1. The summed E-state index contributed by atoms with van der Waals surface area (Å²) in [6, 6.07) is 1.96. The average Bonchev–Trinajstić information content (AvgIpc) is 3.34. The van der Waals surface area contributed by atoms with Gasteiger partial charge >= 0.3 is 0 Å². The molecular weight excluding hydrogens is 323 g/mol. The number of amides is 2. The van der Waals surface area contributed by atoms with E-state index in [2.05, 4.69) is 10.4 Å². The number of nitrogens with zero attached hydrogens (tertiary/aromatic N) is 3. The van der Waals surface area contributed by atoms with Gasteiger partial charge in [-0.3, -0.25) is 14.3 Å². The second-order valence-corrected chi connectivity index (χ2v) is 7.44. The summed E-state index contributed by atoms with van der Waals surface area (Å²) in [5, 5.41) is 7.05. The average molecular weight is 350 g/mol. The lowest BCUT2D eigenvalue weighted by atomic mass is 9.93. The second kappa shape index (κ2) is 7.14. The molecule has 1 saturated heterocycles. The van der Waals surface area contributed by atoms with Gasteiger partial charge in [0, 0.05) is 31.7 Å². The number of halogens is 1. The molecule has 6 nitrogen and oxygen atoms in total. The zero-order chi connectivity index (χ0) is 18.0. The van der Waals surface area contributed by atoms with E-state index in [0.29, 0.717) is 32.0 Å². The summed E-state index contributed by atoms with van der Waals surface area (Å²) < 4.78 is 16.8. The highest BCUT2D eigenvalue weighted by Gasteiger charge is 2.44. The Morgan fingerprint density at radius 3 is 2.80 bits per heavy atom. The van der Waals surface area contributed by atoms with Crippen LogP contribution < -0.4 is 5.32 Å². The molecule has 1 aromatic heterocycles. The number of carbonyl (C=O) groups is 2. The Kier molecular flexibility index (Phi) is 5.11. The van der Waals surface area contributed by atoms with E-state index in [9.17, 15) is 9.59 Å². The maximum absolute atomic E-state index is 15.1. The summed E-state index contributed by atoms with van der Waals surface area (Å²) in [5.41, 5.74) is -0.0395. The van der Waals surface area contributed by atoms with E-state index in [1.807, 2.05) is 19.9 Å². The van der Waals surface area contributed by atoms with Gasteiger partial charge in [0.25, 0.3) is 5.91 Å². The van der Waals surface area contributed by atoms with Crippen LogP contribution in [0, 0.1) is 19.8 Å². The van der Waals surface area contributed by atoms with Crippen LogP contribution in [0.15, 0.2) is 6.07 Å². The molecule has 0 radical (unpaired) electrons. The monoisotopic (exact) mass is 350 g/mol. The zero-order valence-corrected chi connectivity index (χ0v) is 15.1. The van der Waals surface area contributed by atoms with Crippen LogP contribution in [0.2, 0.25) is 0 Å². The second-order valence-electron chi connectivity index (χ2n) is 7.44. The normalized spacial score (nSPS) is 23.6. The van der Waals surface area contributed by atoms with Crippen LogP contribution in [0.4, 0.5) is 4.39 Å². The van der Waals surface area contributed by atoms with Crippen molar-refractivity contribution in [2.24, 2.45) is 5.92 Å². The summed E-state index contributed by atoms with van der Waals surface area (Å²) in [6.45, 7) is 5.26. The van der Waals surface area contributed by atoms with Gasteiger partial charge in [0.2, 0.25) is 11.6 Å². The molecule has 3 rings (SSSR count). The zero-order valence-electron chi connectivity index (χ0n) is 15.1. The third-order valence-electron chi connectivity index (χ3n) is 5.09. The first kappa shape index (κ1) is 17.9. The van der Waals surface area contributed by atoms with Gasteiger partial charge in [0.15, 0.2) is 0 Å². The predicted octanol–water partition coefficient (Wildman–Crippen LogP) is 1.75. The fraction of sp³-hybridized carbons (Fsp3) is 0.722. The van der Waals surface area contributed by atoms with Gasteiger partial charge in [-0.1, -0.05) is 0 Å². The molecule has 1 aliphatic heterocycles. The molecule has 1 atom stereocenters. The third-order valence-corrected chi connectivity index (χ3v) is 5.09. The van der Waals surface area contributed by atoms with Crippen LogP contribution in [0.25, 0.3) is 0 Å². The molecule has 1 N–H and O–H groups in total. The molecule has 0 spiro atoms. The number of carbonyl (C=O) groups excluding carboxylic acids is 2. The minimum Gasteiger partial charge on any atom is -0.353 e. The molecule has 1 aliphatic carbocycles. The lowest BCUT2D eigenvalue weighted by Gasteiger charge is -2.36. The molecule has 1 unspecified atom stereocenters. The first-order chi connectivity index (χ1) is 11.9. The Morgan fingerprint density at radius 2 is 2.16 bits per heavy atom. The van der Waals surface area contributed by atoms with E-state index in [1.54, 1.807) is 4.68 Å². The minimum absolute atomic E-state index is 0.121. The highest BCUT2D eigenvalue weighted by molar-refractivity contribution is 5.86. The van der Waals surface area contributed by atoms with Crippen molar-refractivity contribution in [1.29, 1.82) is 0 Å². The lowest BCUT2D eigenvalue weighted by molar-refractivity contribution is -0.143. The van der Waals surface area contributed by atoms with Gasteiger partial charge in [-0.15, -0.1) is 0 Å². The maximum atomic E-state index is 15.1. The van der Waals surface area contributed by atoms with Crippen molar-refractivity contribution in [2.45, 2.75) is 58.2 Å². The summed E-state index contributed by atoms with van der Waals surface area (Å²) in [5.74, 6) is -0.172. The molecule has 1 aromatic rings. The summed E-state index contributed by atoms with van der Waals surface area (Å²) in [7, 11) is 0. The van der Waals surface area contributed by atoms with Crippen molar-refractivity contribution in [1.82, 2.24) is 20.0 Å². The highest BCUT2D eigenvalue weighted by Crippen LogP contribution is 2.29. The van der Waals surface area contributed by atoms with Crippen LogP contribution >= 0.6 is 0 Å². The van der Waals surface area contributed by atoms with Gasteiger partial charge in [0.1, 0.15) is 0 Å². The lowest BCUT2D eigenvalue weighted by Crippen LogP contribution is -2.56. The number of likely N-dealkylation sites (tertiary alicyclic amines) is 1. The third kappa shape index (κ3) is 4.38. The molecule has 2 aliphatic rings. The Morgan fingerprint density at radius 1 is 1.40 bits per heavy atom. The maximum Gasteiger partial charge on any atom is 0.259 e. The van der Waals surface area contributed by atoms with E-state index in [-0.39, 0.29) is 25.3 Å². The van der Waals surface area contributed by atoms with Crippen molar-refractivity contribution in [3.05, 3.63) is 17.5 Å². The number of hydrogen-bond donors (Lipinski definition) is 1. The fourth-order valence-corrected chi connectivity index (χ4v) is 3.39. The number of rotatable bonds is 6. The Hall–Kier alpha value is -1.92. The van der Waals surface area contributed by atoms with Crippen molar-refractivity contribution < 1.29 is 14.0 Å². The van der Waals surface area contributed by atoms with E-state index in [0.717, 1.165) is 24.2 Å². The van der Waals surface area contributed by atoms with E-state index in [4.69, 9.17) is 0 Å². The van der Waals surface area contributed by atoms with Gasteiger partial charge in [-0.25, -0.2) is 4.39 Å². The van der Waals surface area contributed by atoms with E-state index >= 15 is 4.39 Å². The van der Waals surface area contributed by atoms with Crippen LogP contribution in [0.5, 0.6) is 0 Å². The van der Waals surface area contributed by atoms with Crippen molar-refractivity contribution >= 4 is 11.8 Å². The smallest absolute Gasteiger partial charge is 0.259 e. The molecule has 0 bridgehead atoms. The topological polar surface area (TPSA) is 67.2 Å². The molecule has 25 heavy (non-hydrogen) atoms. The number of aryl methyl sites for hydroxylation is 3. The van der Waals surface area contributed by atoms with E-state index in [1.165, 1.54) is 4.90 Å². The fourth-order valence-electron chi connectivity index (χ4n) is 3.39. The molecule has 2 fully saturated rings. The van der Waals surface area contributed by atoms with Gasteiger partial charge < -0.3 is 10.2 Å². The predicted molar refractivity (Wildman–Crippen MR) is 91.7 cm³/mol. The van der Waals surface area contributed by atoms with Gasteiger partial charge in [-0.05, 0) is 51.5 Å². The minimum atomic E-state index is -1.96. The number of aromatic nitrogens is 2. The van der Waals surface area contributed by atoms with Crippen molar-refractivity contribution in [3.63, 3.8) is 0 Å². The molecular formula is C18H27FN4O2. The molecule has 2 amide bonds. The largest absolute Gasteiger partial charge is 0.353 e. The molecule has 7 heteroatoms. The van der Waals surface area contributed by atoms with Crippen LogP contribution in [0.3, 0.4) is 0 Å². The number of hydrogen-bond acceptors (Lipinski definition) is 3. The summed E-state index contributed by atoms with van der Waals surface area (Å²) in [6.07, 6.45) is 3.18. The Labute approximate surface area is 147 Å².